The Morgan fingerprint density at radius 3 is 1.86 bits per heavy atom. The van der Waals surface area contributed by atoms with E-state index in [1.165, 1.54) is 64.2 Å². The number of hydrogen-bond donors (Lipinski definition) is 0. The molecule has 0 saturated carbocycles. The molecule has 2 heterocycles. The highest BCUT2D eigenvalue weighted by Crippen LogP contribution is 2.63. The van der Waals surface area contributed by atoms with E-state index in [1.807, 2.05) is 28.4 Å². The maximum Gasteiger partial charge on any atom is 0.344 e. The summed E-state index contributed by atoms with van der Waals surface area (Å²) in [6, 6.07) is 2.32. The van der Waals surface area contributed by atoms with E-state index in [9.17, 15) is 0 Å². The van der Waals surface area contributed by atoms with E-state index in [-0.39, 0.29) is 5.04 Å². The highest BCUT2D eigenvalue weighted by atomic mass is 28.4. The molecule has 2 fully saturated rings. The summed E-state index contributed by atoms with van der Waals surface area (Å²) >= 11 is 0. The first-order chi connectivity index (χ1) is 13.4. The third-order valence-electron chi connectivity index (χ3n) is 8.97. The van der Waals surface area contributed by atoms with Crippen LogP contribution < -0.4 is 0 Å². The third-order valence-corrected chi connectivity index (χ3v) is 18.6. The van der Waals surface area contributed by atoms with Crippen LogP contribution in [-0.2, 0) is 17.7 Å². The first kappa shape index (κ1) is 24.5. The lowest BCUT2D eigenvalue weighted by molar-refractivity contribution is 0.165. The molecule has 2 aliphatic rings. The Balaban J connectivity index is 2.15. The second kappa shape index (κ2) is 10.1. The Bertz CT molecular complexity index is 481. The van der Waals surface area contributed by atoms with Crippen LogP contribution in [0.1, 0.15) is 85.0 Å². The van der Waals surface area contributed by atoms with Crippen LogP contribution in [-0.4, -0.2) is 45.6 Å². The molecule has 166 valence electrons. The molecule has 3 atom stereocenters. The van der Waals surface area contributed by atoms with Crippen LogP contribution in [0.25, 0.3) is 0 Å². The summed E-state index contributed by atoms with van der Waals surface area (Å²) in [4.78, 5) is 0. The van der Waals surface area contributed by atoms with E-state index < -0.39 is 17.1 Å². The van der Waals surface area contributed by atoms with Crippen molar-refractivity contribution in [3.05, 3.63) is 0 Å². The van der Waals surface area contributed by atoms with Crippen LogP contribution >= 0.6 is 0 Å². The van der Waals surface area contributed by atoms with Crippen LogP contribution in [0.3, 0.4) is 0 Å². The van der Waals surface area contributed by atoms with Crippen molar-refractivity contribution in [2.75, 3.05) is 28.4 Å². The monoisotopic (exact) mass is 430 g/mol. The Kier molecular flexibility index (Phi) is 8.81. The zero-order valence-corrected chi connectivity index (χ0v) is 21.7. The molecule has 0 radical (unpaired) electrons. The molecule has 3 unspecified atom stereocenters. The molecule has 0 aromatic heterocycles. The van der Waals surface area contributed by atoms with Gasteiger partial charge in [0.25, 0.3) is 0 Å². The lowest BCUT2D eigenvalue weighted by atomic mass is 9.79. The summed E-state index contributed by atoms with van der Waals surface area (Å²) in [6.45, 7) is 7.09. The summed E-state index contributed by atoms with van der Waals surface area (Å²) in [6.07, 6.45) is 12.5. The smallest absolute Gasteiger partial charge is 0.344 e. The Hall–Kier alpha value is 0.274. The molecule has 0 spiro atoms. The summed E-state index contributed by atoms with van der Waals surface area (Å²) < 4.78 is 24.7. The molecule has 0 aromatic carbocycles. The molecule has 0 amide bonds. The van der Waals surface area contributed by atoms with E-state index in [2.05, 4.69) is 20.8 Å². The van der Waals surface area contributed by atoms with Crippen molar-refractivity contribution >= 4 is 17.1 Å². The molecule has 2 aliphatic heterocycles. The number of hydrogen-bond acceptors (Lipinski definition) is 4. The van der Waals surface area contributed by atoms with Crippen LogP contribution in [0.15, 0.2) is 0 Å². The SMILES string of the molecule is CCC(CCCC1(CC)CCC[Si]1(OC)OC)C1(CC)CCC[Si]1(OC)OC. The van der Waals surface area contributed by atoms with Crippen molar-refractivity contribution in [3.8, 4) is 0 Å². The Morgan fingerprint density at radius 2 is 1.36 bits per heavy atom. The maximum atomic E-state index is 6.21. The van der Waals surface area contributed by atoms with Crippen molar-refractivity contribution in [2.45, 2.75) is 107 Å². The fourth-order valence-electron chi connectivity index (χ4n) is 7.35. The summed E-state index contributed by atoms with van der Waals surface area (Å²) in [5, 5.41) is 0.568. The molecule has 0 aliphatic carbocycles. The van der Waals surface area contributed by atoms with E-state index in [0.29, 0.717) is 11.0 Å². The minimum atomic E-state index is -2.14. The van der Waals surface area contributed by atoms with E-state index in [4.69, 9.17) is 17.7 Å². The summed E-state index contributed by atoms with van der Waals surface area (Å²) in [7, 11) is 3.37. The fourth-order valence-corrected chi connectivity index (χ4v) is 16.2. The number of rotatable bonds is 12. The highest BCUT2D eigenvalue weighted by molar-refractivity contribution is 6.72. The second-order valence-electron chi connectivity index (χ2n) is 9.17. The summed E-state index contributed by atoms with van der Waals surface area (Å²) in [5.74, 6) is 0.697. The van der Waals surface area contributed by atoms with Crippen LogP contribution in [0, 0.1) is 5.92 Å². The maximum absolute atomic E-state index is 6.21. The van der Waals surface area contributed by atoms with E-state index >= 15 is 0 Å². The first-order valence-electron chi connectivity index (χ1n) is 11.7. The molecule has 0 N–H and O–H groups in total. The topological polar surface area (TPSA) is 36.9 Å². The van der Waals surface area contributed by atoms with Gasteiger partial charge in [0.1, 0.15) is 0 Å². The first-order valence-corrected chi connectivity index (χ1v) is 15.7. The van der Waals surface area contributed by atoms with Crippen LogP contribution in [0.5, 0.6) is 0 Å². The van der Waals surface area contributed by atoms with Gasteiger partial charge in [0.2, 0.25) is 0 Å². The van der Waals surface area contributed by atoms with Gasteiger partial charge in [-0.1, -0.05) is 52.9 Å². The van der Waals surface area contributed by atoms with Gasteiger partial charge in [0.05, 0.1) is 0 Å². The normalized spacial score (nSPS) is 32.7. The third kappa shape index (κ3) is 3.71. The van der Waals surface area contributed by atoms with Crippen LogP contribution in [0.4, 0.5) is 0 Å². The Labute approximate surface area is 176 Å². The van der Waals surface area contributed by atoms with Crippen molar-refractivity contribution in [1.82, 2.24) is 0 Å². The van der Waals surface area contributed by atoms with Gasteiger partial charge < -0.3 is 17.7 Å². The molecule has 2 saturated heterocycles. The van der Waals surface area contributed by atoms with Crippen molar-refractivity contribution < 1.29 is 17.7 Å². The van der Waals surface area contributed by atoms with Gasteiger partial charge >= 0.3 is 17.1 Å². The van der Waals surface area contributed by atoms with Crippen molar-refractivity contribution in [2.24, 2.45) is 5.92 Å². The van der Waals surface area contributed by atoms with Gasteiger partial charge in [-0.3, -0.25) is 0 Å². The lowest BCUT2D eigenvalue weighted by Gasteiger charge is -2.47. The minimum Gasteiger partial charge on any atom is -0.397 e. The average molecular weight is 431 g/mol. The molecule has 4 nitrogen and oxygen atoms in total. The molecule has 28 heavy (non-hydrogen) atoms. The van der Waals surface area contributed by atoms with Gasteiger partial charge in [-0.25, -0.2) is 0 Å². The van der Waals surface area contributed by atoms with E-state index in [1.54, 1.807) is 0 Å². The lowest BCUT2D eigenvalue weighted by Crippen LogP contribution is -2.51. The molecule has 0 aromatic rings. The van der Waals surface area contributed by atoms with Gasteiger partial charge in [0.15, 0.2) is 0 Å². The molecule has 0 bridgehead atoms. The summed E-state index contributed by atoms with van der Waals surface area (Å²) in [5.41, 5.74) is 0. The van der Waals surface area contributed by atoms with Crippen LogP contribution in [0.2, 0.25) is 22.2 Å². The average Bonchev–Trinajstić information content (AvgIpc) is 3.30. The largest absolute Gasteiger partial charge is 0.397 e. The Morgan fingerprint density at radius 1 is 0.786 bits per heavy atom. The highest BCUT2D eigenvalue weighted by Gasteiger charge is 2.62. The second-order valence-corrected chi connectivity index (χ2v) is 16.9. The fraction of sp³-hybridized carbons (Fsp3) is 1.00. The minimum absolute atomic E-state index is 0.275. The quantitative estimate of drug-likeness (QED) is 0.329. The zero-order valence-electron chi connectivity index (χ0n) is 19.7. The zero-order chi connectivity index (χ0) is 20.9. The molecule has 2 rings (SSSR count). The molecular weight excluding hydrogens is 384 g/mol. The van der Waals surface area contributed by atoms with Crippen molar-refractivity contribution in [3.63, 3.8) is 0 Å². The van der Waals surface area contributed by atoms with E-state index in [0.717, 1.165) is 12.1 Å². The van der Waals surface area contributed by atoms with Gasteiger partial charge in [-0.2, -0.15) is 0 Å². The predicted molar refractivity (Wildman–Crippen MR) is 121 cm³/mol. The van der Waals surface area contributed by atoms with Gasteiger partial charge in [0, 0.05) is 38.5 Å². The van der Waals surface area contributed by atoms with Gasteiger partial charge in [-0.05, 0) is 50.1 Å². The molecular formula is C22H46O4Si2. The predicted octanol–water partition coefficient (Wildman–Crippen LogP) is 6.54. The van der Waals surface area contributed by atoms with Crippen molar-refractivity contribution in [1.29, 1.82) is 0 Å². The van der Waals surface area contributed by atoms with Gasteiger partial charge in [-0.15, -0.1) is 0 Å². The standard InChI is InChI=1S/C22H46O4Si2/c1-8-20(22(10-3)17-13-19-28(22,25-6)26-7)14-11-15-21(9-2)16-12-18-27(21,23-4)24-5/h20H,8-19H2,1-7H3. The molecule has 6 heteroatoms.